The first-order valence-corrected chi connectivity index (χ1v) is 6.02. The van der Waals surface area contributed by atoms with E-state index in [-0.39, 0.29) is 17.6 Å². The number of pyridine rings is 1. The molecule has 6 heteroatoms. The molecule has 1 aromatic rings. The molecule has 1 heterocycles. The van der Waals surface area contributed by atoms with E-state index in [1.54, 1.807) is 19.4 Å². The minimum atomic E-state index is -0.223. The SMILES string of the molecule is COCC(C)CNC(=O)c1cc(Br)cnc1N. The fourth-order valence-electron chi connectivity index (χ4n) is 1.34. The van der Waals surface area contributed by atoms with Crippen molar-refractivity contribution in [1.29, 1.82) is 0 Å². The van der Waals surface area contributed by atoms with Gasteiger partial charge in [0.05, 0.1) is 12.2 Å². The average molecular weight is 302 g/mol. The van der Waals surface area contributed by atoms with Gasteiger partial charge in [0.25, 0.3) is 5.91 Å². The second-order valence-electron chi connectivity index (χ2n) is 3.86. The van der Waals surface area contributed by atoms with Gasteiger partial charge in [-0.25, -0.2) is 4.98 Å². The van der Waals surface area contributed by atoms with Crippen molar-refractivity contribution in [3.63, 3.8) is 0 Å². The number of carbonyl (C=O) groups excluding carboxylic acids is 1. The van der Waals surface area contributed by atoms with Crippen molar-refractivity contribution >= 4 is 27.7 Å². The number of anilines is 1. The lowest BCUT2D eigenvalue weighted by Crippen LogP contribution is -2.30. The molecule has 0 saturated heterocycles. The van der Waals surface area contributed by atoms with Crippen LogP contribution in [0.1, 0.15) is 17.3 Å². The number of methoxy groups -OCH3 is 1. The second kappa shape index (κ2) is 6.56. The summed E-state index contributed by atoms with van der Waals surface area (Å²) in [6.07, 6.45) is 1.56. The first-order valence-electron chi connectivity index (χ1n) is 5.22. The second-order valence-corrected chi connectivity index (χ2v) is 4.77. The number of halogens is 1. The van der Waals surface area contributed by atoms with Gasteiger partial charge in [-0.2, -0.15) is 0 Å². The van der Waals surface area contributed by atoms with Crippen LogP contribution in [0.4, 0.5) is 5.82 Å². The van der Waals surface area contributed by atoms with E-state index in [0.717, 1.165) is 4.47 Å². The smallest absolute Gasteiger partial charge is 0.255 e. The molecular weight excluding hydrogens is 286 g/mol. The number of nitrogens with one attached hydrogen (secondary N) is 1. The Labute approximate surface area is 109 Å². The molecule has 3 N–H and O–H groups in total. The van der Waals surface area contributed by atoms with Crippen molar-refractivity contribution in [3.05, 3.63) is 22.3 Å². The third-order valence-electron chi connectivity index (χ3n) is 2.19. The monoisotopic (exact) mass is 301 g/mol. The van der Waals surface area contributed by atoms with E-state index in [2.05, 4.69) is 26.2 Å². The van der Waals surface area contributed by atoms with Gasteiger partial charge in [-0.15, -0.1) is 0 Å². The summed E-state index contributed by atoms with van der Waals surface area (Å²) >= 11 is 3.25. The molecule has 0 radical (unpaired) electrons. The number of nitrogens with two attached hydrogens (primary N) is 1. The molecule has 0 saturated carbocycles. The lowest BCUT2D eigenvalue weighted by atomic mass is 10.2. The molecule has 94 valence electrons. The molecule has 1 amide bonds. The van der Waals surface area contributed by atoms with Crippen LogP contribution in [0.3, 0.4) is 0 Å². The molecule has 0 bridgehead atoms. The van der Waals surface area contributed by atoms with Crippen molar-refractivity contribution in [3.8, 4) is 0 Å². The molecule has 0 aliphatic heterocycles. The van der Waals surface area contributed by atoms with E-state index in [4.69, 9.17) is 10.5 Å². The molecule has 1 atom stereocenters. The van der Waals surface area contributed by atoms with Crippen LogP contribution in [0.5, 0.6) is 0 Å². The maximum absolute atomic E-state index is 11.8. The highest BCUT2D eigenvalue weighted by Gasteiger charge is 2.12. The van der Waals surface area contributed by atoms with Gasteiger partial charge < -0.3 is 15.8 Å². The normalized spacial score (nSPS) is 12.2. The third-order valence-corrected chi connectivity index (χ3v) is 2.63. The highest BCUT2D eigenvalue weighted by atomic mass is 79.9. The minimum Gasteiger partial charge on any atom is -0.384 e. The summed E-state index contributed by atoms with van der Waals surface area (Å²) in [6, 6.07) is 1.65. The first kappa shape index (κ1) is 13.9. The van der Waals surface area contributed by atoms with Gasteiger partial charge in [0, 0.05) is 24.3 Å². The zero-order chi connectivity index (χ0) is 12.8. The fourth-order valence-corrected chi connectivity index (χ4v) is 1.67. The summed E-state index contributed by atoms with van der Waals surface area (Å²) < 4.78 is 5.71. The van der Waals surface area contributed by atoms with Crippen molar-refractivity contribution in [2.45, 2.75) is 6.92 Å². The first-order chi connectivity index (χ1) is 8.04. The molecule has 17 heavy (non-hydrogen) atoms. The van der Waals surface area contributed by atoms with Crippen LogP contribution in [0, 0.1) is 5.92 Å². The number of rotatable bonds is 5. The number of carbonyl (C=O) groups is 1. The number of amides is 1. The molecule has 0 spiro atoms. The topological polar surface area (TPSA) is 77.2 Å². The Morgan fingerprint density at radius 1 is 1.71 bits per heavy atom. The molecule has 1 aromatic heterocycles. The number of nitrogen functional groups attached to an aromatic ring is 1. The molecule has 0 aliphatic rings. The van der Waals surface area contributed by atoms with Gasteiger partial charge in [0.2, 0.25) is 0 Å². The van der Waals surface area contributed by atoms with Crippen molar-refractivity contribution in [1.82, 2.24) is 10.3 Å². The largest absolute Gasteiger partial charge is 0.384 e. The lowest BCUT2D eigenvalue weighted by Gasteiger charge is -2.12. The molecule has 1 rings (SSSR count). The maximum Gasteiger partial charge on any atom is 0.255 e. The zero-order valence-corrected chi connectivity index (χ0v) is 11.5. The average Bonchev–Trinajstić information content (AvgIpc) is 2.29. The minimum absolute atomic E-state index is 0.223. The van der Waals surface area contributed by atoms with Crippen LogP contribution in [-0.4, -0.2) is 31.2 Å². The standard InChI is InChI=1S/C11H16BrN3O2/c1-7(6-17-2)4-15-11(16)9-3-8(12)5-14-10(9)13/h3,5,7H,4,6H2,1-2H3,(H2,13,14)(H,15,16). The zero-order valence-electron chi connectivity index (χ0n) is 9.87. The van der Waals surface area contributed by atoms with Crippen LogP contribution in [0.15, 0.2) is 16.7 Å². The number of hydrogen-bond acceptors (Lipinski definition) is 4. The lowest BCUT2D eigenvalue weighted by molar-refractivity contribution is 0.0934. The van der Waals surface area contributed by atoms with Gasteiger partial charge >= 0.3 is 0 Å². The summed E-state index contributed by atoms with van der Waals surface area (Å²) in [5, 5.41) is 2.79. The Morgan fingerprint density at radius 3 is 3.06 bits per heavy atom. The molecular formula is C11H16BrN3O2. The van der Waals surface area contributed by atoms with Crippen molar-refractivity contribution in [2.24, 2.45) is 5.92 Å². The van der Waals surface area contributed by atoms with E-state index < -0.39 is 0 Å². The highest BCUT2D eigenvalue weighted by Crippen LogP contribution is 2.15. The van der Waals surface area contributed by atoms with E-state index in [0.29, 0.717) is 18.7 Å². The summed E-state index contributed by atoms with van der Waals surface area (Å²) in [5.41, 5.74) is 6.02. The van der Waals surface area contributed by atoms with Crippen LogP contribution >= 0.6 is 15.9 Å². The van der Waals surface area contributed by atoms with Gasteiger partial charge in [-0.1, -0.05) is 6.92 Å². The molecule has 0 fully saturated rings. The summed E-state index contributed by atoms with van der Waals surface area (Å²) in [4.78, 5) is 15.7. The molecule has 0 aliphatic carbocycles. The molecule has 5 nitrogen and oxygen atoms in total. The Balaban J connectivity index is 2.61. The maximum atomic E-state index is 11.8. The van der Waals surface area contributed by atoms with E-state index in [1.807, 2.05) is 6.92 Å². The van der Waals surface area contributed by atoms with Crippen LogP contribution < -0.4 is 11.1 Å². The number of nitrogens with zero attached hydrogens (tertiary/aromatic N) is 1. The van der Waals surface area contributed by atoms with Gasteiger partial charge in [0.1, 0.15) is 5.82 Å². The van der Waals surface area contributed by atoms with Gasteiger partial charge in [-0.05, 0) is 27.9 Å². The third kappa shape index (κ3) is 4.32. The van der Waals surface area contributed by atoms with Crippen molar-refractivity contribution < 1.29 is 9.53 Å². The Morgan fingerprint density at radius 2 is 2.41 bits per heavy atom. The van der Waals surface area contributed by atoms with Crippen LogP contribution in [-0.2, 0) is 4.74 Å². The Hall–Kier alpha value is -1.14. The Bertz CT molecular complexity index is 398. The molecule has 0 aromatic carbocycles. The summed E-state index contributed by atoms with van der Waals surface area (Å²) in [6.45, 7) is 3.14. The number of hydrogen-bond donors (Lipinski definition) is 2. The highest BCUT2D eigenvalue weighted by molar-refractivity contribution is 9.10. The van der Waals surface area contributed by atoms with Crippen molar-refractivity contribution in [2.75, 3.05) is 26.0 Å². The quantitative estimate of drug-likeness (QED) is 0.863. The number of ether oxygens (including phenoxy) is 1. The summed E-state index contributed by atoms with van der Waals surface area (Å²) in [5.74, 6) is 0.259. The van der Waals surface area contributed by atoms with E-state index >= 15 is 0 Å². The predicted molar refractivity (Wildman–Crippen MR) is 69.7 cm³/mol. The molecule has 1 unspecified atom stereocenters. The number of aromatic nitrogens is 1. The van der Waals surface area contributed by atoms with Gasteiger partial charge in [0.15, 0.2) is 0 Å². The van der Waals surface area contributed by atoms with Crippen LogP contribution in [0.2, 0.25) is 0 Å². The predicted octanol–water partition coefficient (Wildman–Crippen LogP) is 1.44. The summed E-state index contributed by atoms with van der Waals surface area (Å²) in [7, 11) is 1.63. The Kier molecular flexibility index (Phi) is 5.37. The van der Waals surface area contributed by atoms with E-state index in [9.17, 15) is 4.79 Å². The van der Waals surface area contributed by atoms with Gasteiger partial charge in [-0.3, -0.25) is 4.79 Å². The fraction of sp³-hybridized carbons (Fsp3) is 0.455. The van der Waals surface area contributed by atoms with Crippen LogP contribution in [0.25, 0.3) is 0 Å². The van der Waals surface area contributed by atoms with E-state index in [1.165, 1.54) is 0 Å².